The summed E-state index contributed by atoms with van der Waals surface area (Å²) in [6, 6.07) is 8.89. The number of phenolic OH excluding ortho intramolecular Hbond substituents is 1. The van der Waals surface area contributed by atoms with E-state index in [1.807, 2.05) is 21.0 Å². The van der Waals surface area contributed by atoms with E-state index in [9.17, 15) is 19.8 Å². The Balaban J connectivity index is 2.19. The molecule has 0 saturated carbocycles. The van der Waals surface area contributed by atoms with E-state index in [-0.39, 0.29) is 22.8 Å². The normalized spacial score (nSPS) is 17.8. The van der Waals surface area contributed by atoms with Gasteiger partial charge in [0.25, 0.3) is 11.7 Å². The Morgan fingerprint density at radius 1 is 1.06 bits per heavy atom. The van der Waals surface area contributed by atoms with Crippen LogP contribution in [0, 0.1) is 6.92 Å². The van der Waals surface area contributed by atoms with Gasteiger partial charge in [0.05, 0.1) is 53.0 Å². The van der Waals surface area contributed by atoms with E-state index < -0.39 is 17.7 Å². The molecule has 3 N–H and O–H groups in total. The highest BCUT2D eigenvalue weighted by atomic mass is 16.5. The Morgan fingerprint density at radius 2 is 1.75 bits per heavy atom. The summed E-state index contributed by atoms with van der Waals surface area (Å²) in [6.45, 7) is 2.76. The standard InChI is InChI=1S/C24H28N2O6/c1-14-12-16(7-9-18(14)31-4)22(28)20-21(15-6-8-17(27)19(13-15)32-5)26(11-10-25(2)3)24(30)23(20)29/h6-9,12-13,21,27-28H,10-11H2,1-5H3/p+1. The van der Waals surface area contributed by atoms with Gasteiger partial charge in [0.15, 0.2) is 11.5 Å². The number of aliphatic hydroxyl groups excluding tert-OH is 1. The number of ketones is 1. The van der Waals surface area contributed by atoms with Crippen molar-refractivity contribution >= 4 is 17.4 Å². The van der Waals surface area contributed by atoms with Crippen molar-refractivity contribution in [3.63, 3.8) is 0 Å². The summed E-state index contributed by atoms with van der Waals surface area (Å²) in [5, 5.41) is 21.2. The molecule has 1 amide bonds. The topological polar surface area (TPSA) is 101 Å². The van der Waals surface area contributed by atoms with Gasteiger partial charge in [0.1, 0.15) is 11.5 Å². The van der Waals surface area contributed by atoms with Crippen LogP contribution in [-0.4, -0.2) is 68.2 Å². The number of likely N-dealkylation sites (tertiary alicyclic amines) is 1. The van der Waals surface area contributed by atoms with Gasteiger partial charge in [-0.05, 0) is 48.4 Å². The van der Waals surface area contributed by atoms with Crippen molar-refractivity contribution < 1.29 is 34.2 Å². The molecular formula is C24H29N2O6+. The molecular weight excluding hydrogens is 412 g/mol. The molecule has 8 nitrogen and oxygen atoms in total. The third-order valence-corrected chi connectivity index (χ3v) is 5.58. The molecule has 2 aromatic rings. The third kappa shape index (κ3) is 4.27. The molecule has 1 fully saturated rings. The van der Waals surface area contributed by atoms with Crippen molar-refractivity contribution in [1.29, 1.82) is 0 Å². The van der Waals surface area contributed by atoms with Crippen LogP contribution >= 0.6 is 0 Å². The molecule has 1 unspecified atom stereocenters. The Kier molecular flexibility index (Phi) is 6.74. The predicted molar refractivity (Wildman–Crippen MR) is 119 cm³/mol. The maximum absolute atomic E-state index is 13.1. The number of amides is 1. The number of quaternary nitrogens is 1. The van der Waals surface area contributed by atoms with E-state index >= 15 is 0 Å². The fourth-order valence-electron chi connectivity index (χ4n) is 3.85. The summed E-state index contributed by atoms with van der Waals surface area (Å²) in [7, 11) is 6.88. The number of carbonyl (C=O) groups excluding carboxylic acids is 2. The minimum atomic E-state index is -0.814. The number of rotatable bonds is 7. The van der Waals surface area contributed by atoms with Crippen molar-refractivity contribution in [1.82, 2.24) is 4.90 Å². The largest absolute Gasteiger partial charge is 0.507 e. The Labute approximate surface area is 187 Å². The number of methoxy groups -OCH3 is 2. The molecule has 0 bridgehead atoms. The summed E-state index contributed by atoms with van der Waals surface area (Å²) in [5.41, 5.74) is 1.75. The number of nitrogens with one attached hydrogen (secondary N) is 1. The minimum absolute atomic E-state index is 0.000987. The first-order valence-corrected chi connectivity index (χ1v) is 10.3. The van der Waals surface area contributed by atoms with E-state index in [1.54, 1.807) is 37.4 Å². The summed E-state index contributed by atoms with van der Waals surface area (Å²) in [4.78, 5) is 28.6. The maximum atomic E-state index is 13.1. The van der Waals surface area contributed by atoms with Crippen LogP contribution in [0.25, 0.3) is 5.76 Å². The highest BCUT2D eigenvalue weighted by Crippen LogP contribution is 2.41. The van der Waals surface area contributed by atoms with Gasteiger partial charge < -0.3 is 29.5 Å². The lowest BCUT2D eigenvalue weighted by molar-refractivity contribution is -0.857. The maximum Gasteiger partial charge on any atom is 0.295 e. The SMILES string of the molecule is COc1ccc(C(O)=C2C(=O)C(=O)N(CC[NH+](C)C)C2c2ccc(O)c(OC)c2)cc1C. The molecule has 1 saturated heterocycles. The molecule has 1 aliphatic rings. The zero-order chi connectivity index (χ0) is 23.6. The van der Waals surface area contributed by atoms with E-state index in [0.29, 0.717) is 30.0 Å². The van der Waals surface area contributed by atoms with Crippen LogP contribution in [0.1, 0.15) is 22.7 Å². The fraction of sp³-hybridized carbons (Fsp3) is 0.333. The predicted octanol–water partition coefficient (Wildman–Crippen LogP) is 1.28. The van der Waals surface area contributed by atoms with Crippen molar-refractivity contribution in [2.24, 2.45) is 0 Å². The van der Waals surface area contributed by atoms with Crippen molar-refractivity contribution in [2.75, 3.05) is 41.4 Å². The average molecular weight is 442 g/mol. The minimum Gasteiger partial charge on any atom is -0.507 e. The number of aromatic hydroxyl groups is 1. The van der Waals surface area contributed by atoms with E-state index in [4.69, 9.17) is 9.47 Å². The van der Waals surface area contributed by atoms with Crippen LogP contribution in [0.4, 0.5) is 0 Å². The Bertz CT molecular complexity index is 1080. The molecule has 1 atom stereocenters. The number of aryl methyl sites for hydroxylation is 1. The molecule has 1 aliphatic heterocycles. The van der Waals surface area contributed by atoms with Gasteiger partial charge in [0, 0.05) is 5.56 Å². The van der Waals surface area contributed by atoms with Crippen LogP contribution < -0.4 is 14.4 Å². The molecule has 0 aliphatic carbocycles. The molecule has 1 heterocycles. The van der Waals surface area contributed by atoms with Gasteiger partial charge in [-0.1, -0.05) is 6.07 Å². The molecule has 8 heteroatoms. The van der Waals surface area contributed by atoms with Crippen molar-refractivity contribution in [3.8, 4) is 17.2 Å². The number of benzene rings is 2. The second-order valence-electron chi connectivity index (χ2n) is 8.07. The lowest BCUT2D eigenvalue weighted by Gasteiger charge is -2.26. The van der Waals surface area contributed by atoms with Gasteiger partial charge in [-0.3, -0.25) is 9.59 Å². The summed E-state index contributed by atoms with van der Waals surface area (Å²) in [5.74, 6) is -0.873. The lowest BCUT2D eigenvalue weighted by atomic mass is 9.94. The first kappa shape index (κ1) is 23.1. The zero-order valence-electron chi connectivity index (χ0n) is 18.9. The van der Waals surface area contributed by atoms with Crippen LogP contribution in [0.2, 0.25) is 0 Å². The highest BCUT2D eigenvalue weighted by Gasteiger charge is 2.46. The number of carbonyl (C=O) groups is 2. The first-order chi connectivity index (χ1) is 15.2. The van der Waals surface area contributed by atoms with E-state index in [2.05, 4.69) is 0 Å². The van der Waals surface area contributed by atoms with Crippen LogP contribution in [0.3, 0.4) is 0 Å². The van der Waals surface area contributed by atoms with E-state index in [0.717, 1.165) is 10.5 Å². The second kappa shape index (κ2) is 9.32. The fourth-order valence-corrected chi connectivity index (χ4v) is 3.85. The molecule has 2 aromatic carbocycles. The first-order valence-electron chi connectivity index (χ1n) is 10.3. The van der Waals surface area contributed by atoms with Gasteiger partial charge in [-0.2, -0.15) is 0 Å². The number of hydrogen-bond acceptors (Lipinski definition) is 6. The zero-order valence-corrected chi connectivity index (χ0v) is 18.9. The van der Waals surface area contributed by atoms with Crippen LogP contribution in [0.15, 0.2) is 42.0 Å². The van der Waals surface area contributed by atoms with Crippen LogP contribution in [0.5, 0.6) is 17.2 Å². The third-order valence-electron chi connectivity index (χ3n) is 5.58. The number of nitrogens with zero attached hydrogens (tertiary/aromatic N) is 1. The molecule has 3 rings (SSSR count). The molecule has 0 radical (unpaired) electrons. The lowest BCUT2D eigenvalue weighted by Crippen LogP contribution is -3.06. The summed E-state index contributed by atoms with van der Waals surface area (Å²) >= 11 is 0. The van der Waals surface area contributed by atoms with E-state index in [1.165, 1.54) is 18.1 Å². The second-order valence-corrected chi connectivity index (χ2v) is 8.07. The van der Waals surface area contributed by atoms with Gasteiger partial charge in [0.2, 0.25) is 0 Å². The Morgan fingerprint density at radius 3 is 2.34 bits per heavy atom. The number of likely N-dealkylation sites (N-methyl/N-ethyl adjacent to an activating group) is 1. The number of ether oxygens (including phenoxy) is 2. The van der Waals surface area contributed by atoms with Gasteiger partial charge in [-0.15, -0.1) is 0 Å². The molecule has 170 valence electrons. The monoisotopic (exact) mass is 441 g/mol. The number of aliphatic hydroxyl groups is 1. The van der Waals surface area contributed by atoms with Gasteiger partial charge in [-0.25, -0.2) is 0 Å². The summed E-state index contributed by atoms with van der Waals surface area (Å²) < 4.78 is 10.5. The number of hydrogen-bond donors (Lipinski definition) is 3. The van der Waals surface area contributed by atoms with Crippen molar-refractivity contribution in [2.45, 2.75) is 13.0 Å². The molecule has 32 heavy (non-hydrogen) atoms. The average Bonchev–Trinajstić information content (AvgIpc) is 3.02. The summed E-state index contributed by atoms with van der Waals surface area (Å²) in [6.07, 6.45) is 0. The quantitative estimate of drug-likeness (QED) is 0.340. The highest BCUT2D eigenvalue weighted by molar-refractivity contribution is 6.46. The molecule has 0 aromatic heterocycles. The number of phenols is 1. The smallest absolute Gasteiger partial charge is 0.295 e. The van der Waals surface area contributed by atoms with Gasteiger partial charge >= 0.3 is 0 Å². The van der Waals surface area contributed by atoms with Crippen molar-refractivity contribution in [3.05, 3.63) is 58.7 Å². The Hall–Kier alpha value is -3.52. The van der Waals surface area contributed by atoms with Crippen LogP contribution in [-0.2, 0) is 9.59 Å². The number of Topliss-reactive ketones (excluding diaryl/α,β-unsaturated/α-hetero) is 1. The molecule has 0 spiro atoms.